The molecule has 76 valence electrons. The Morgan fingerprint density at radius 3 is 2.86 bits per heavy atom. The molecule has 1 aromatic heterocycles. The fourth-order valence-electron chi connectivity index (χ4n) is 1.52. The lowest BCUT2D eigenvalue weighted by Gasteiger charge is -2.01. The quantitative estimate of drug-likeness (QED) is 0.761. The van der Waals surface area contributed by atoms with Crippen molar-refractivity contribution in [1.29, 1.82) is 0 Å². The molecular formula is C11H15ClN2. The maximum atomic E-state index is 4.33. The summed E-state index contributed by atoms with van der Waals surface area (Å²) in [6, 6.07) is 8.27. The molecule has 2 aromatic rings. The lowest BCUT2D eigenvalue weighted by atomic mass is 10.3. The van der Waals surface area contributed by atoms with Crippen LogP contribution in [0.2, 0.25) is 0 Å². The van der Waals surface area contributed by atoms with Crippen LogP contribution in [0, 0.1) is 0 Å². The van der Waals surface area contributed by atoms with Crippen molar-refractivity contribution in [3.8, 4) is 0 Å². The van der Waals surface area contributed by atoms with Crippen LogP contribution in [0.5, 0.6) is 0 Å². The summed E-state index contributed by atoms with van der Waals surface area (Å²) in [5, 5.41) is 0. The molecule has 0 bridgehead atoms. The number of imidazole rings is 1. The first-order chi connectivity index (χ1) is 6.42. The first-order valence-electron chi connectivity index (χ1n) is 4.81. The first-order valence-corrected chi connectivity index (χ1v) is 4.81. The molecule has 0 amide bonds. The van der Waals surface area contributed by atoms with Gasteiger partial charge in [0.2, 0.25) is 0 Å². The Hall–Kier alpha value is -1.02. The van der Waals surface area contributed by atoms with E-state index >= 15 is 0 Å². The van der Waals surface area contributed by atoms with Gasteiger partial charge in [0.05, 0.1) is 17.4 Å². The second-order valence-electron chi connectivity index (χ2n) is 3.28. The molecule has 0 spiro atoms. The summed E-state index contributed by atoms with van der Waals surface area (Å²) in [7, 11) is 0. The Bertz CT molecular complexity index is 395. The minimum Gasteiger partial charge on any atom is -0.331 e. The van der Waals surface area contributed by atoms with Gasteiger partial charge < -0.3 is 4.57 Å². The highest BCUT2D eigenvalue weighted by Crippen LogP contribution is 2.12. The average molecular weight is 211 g/mol. The van der Waals surface area contributed by atoms with Crippen molar-refractivity contribution in [2.45, 2.75) is 26.3 Å². The molecule has 0 saturated heterocycles. The van der Waals surface area contributed by atoms with E-state index in [0.717, 1.165) is 12.1 Å². The molecule has 3 heteroatoms. The fraction of sp³-hybridized carbons (Fsp3) is 0.364. The second-order valence-corrected chi connectivity index (χ2v) is 3.28. The largest absolute Gasteiger partial charge is 0.331 e. The molecule has 0 aliphatic heterocycles. The molecule has 0 aliphatic carbocycles. The van der Waals surface area contributed by atoms with Crippen LogP contribution in [-0.2, 0) is 6.54 Å². The van der Waals surface area contributed by atoms with E-state index < -0.39 is 0 Å². The van der Waals surface area contributed by atoms with Crippen molar-refractivity contribution >= 4 is 23.4 Å². The molecule has 0 aliphatic rings. The van der Waals surface area contributed by atoms with E-state index in [9.17, 15) is 0 Å². The normalized spacial score (nSPS) is 10.1. The Morgan fingerprint density at radius 2 is 2.07 bits per heavy atom. The predicted molar refractivity (Wildman–Crippen MR) is 61.9 cm³/mol. The third-order valence-corrected chi connectivity index (χ3v) is 2.28. The Balaban J connectivity index is 0.000000980. The van der Waals surface area contributed by atoms with Gasteiger partial charge in [-0.05, 0) is 18.6 Å². The van der Waals surface area contributed by atoms with E-state index in [1.54, 1.807) is 0 Å². The maximum absolute atomic E-state index is 4.33. The second kappa shape index (κ2) is 5.01. The van der Waals surface area contributed by atoms with Gasteiger partial charge in [-0.25, -0.2) is 4.98 Å². The van der Waals surface area contributed by atoms with Crippen molar-refractivity contribution in [2.75, 3.05) is 0 Å². The summed E-state index contributed by atoms with van der Waals surface area (Å²) in [5.74, 6) is 0. The first kappa shape index (κ1) is 11.1. The number of halogens is 1. The highest BCUT2D eigenvalue weighted by molar-refractivity contribution is 5.85. The van der Waals surface area contributed by atoms with Gasteiger partial charge in [-0.3, -0.25) is 0 Å². The molecule has 0 unspecified atom stereocenters. The number of nitrogens with zero attached hydrogens (tertiary/aromatic N) is 2. The van der Waals surface area contributed by atoms with E-state index in [2.05, 4.69) is 34.7 Å². The number of benzene rings is 1. The van der Waals surface area contributed by atoms with Crippen LogP contribution < -0.4 is 0 Å². The maximum Gasteiger partial charge on any atom is 0.0958 e. The summed E-state index contributed by atoms with van der Waals surface area (Å²) in [4.78, 5) is 4.33. The average Bonchev–Trinajstić information content (AvgIpc) is 2.58. The number of hydrogen-bond acceptors (Lipinski definition) is 1. The molecular weight excluding hydrogens is 196 g/mol. The minimum absolute atomic E-state index is 0. The molecule has 0 atom stereocenters. The fourth-order valence-corrected chi connectivity index (χ4v) is 1.52. The van der Waals surface area contributed by atoms with E-state index in [1.165, 1.54) is 18.4 Å². The number of hydrogen-bond donors (Lipinski definition) is 0. The van der Waals surface area contributed by atoms with E-state index in [-0.39, 0.29) is 12.4 Å². The molecule has 2 rings (SSSR count). The molecule has 0 radical (unpaired) electrons. The smallest absolute Gasteiger partial charge is 0.0958 e. The number of unbranched alkanes of at least 4 members (excludes halogenated alkanes) is 1. The summed E-state index contributed by atoms with van der Waals surface area (Å²) < 4.78 is 2.22. The van der Waals surface area contributed by atoms with Crippen molar-refractivity contribution in [2.24, 2.45) is 0 Å². The summed E-state index contributed by atoms with van der Waals surface area (Å²) in [6.07, 6.45) is 4.38. The van der Waals surface area contributed by atoms with Crippen LogP contribution in [0.1, 0.15) is 19.8 Å². The van der Waals surface area contributed by atoms with Gasteiger partial charge in [0.15, 0.2) is 0 Å². The SMILES string of the molecule is CCCCn1cnc2ccccc21.Cl. The minimum atomic E-state index is 0. The van der Waals surface area contributed by atoms with Crippen LogP contribution in [0.15, 0.2) is 30.6 Å². The van der Waals surface area contributed by atoms with Gasteiger partial charge in [-0.1, -0.05) is 25.5 Å². The van der Waals surface area contributed by atoms with Crippen LogP contribution in [0.3, 0.4) is 0 Å². The predicted octanol–water partition coefficient (Wildman–Crippen LogP) is 3.26. The van der Waals surface area contributed by atoms with Crippen molar-refractivity contribution in [3.63, 3.8) is 0 Å². The van der Waals surface area contributed by atoms with Crippen molar-refractivity contribution < 1.29 is 0 Å². The van der Waals surface area contributed by atoms with Crippen molar-refractivity contribution in [3.05, 3.63) is 30.6 Å². The molecule has 2 nitrogen and oxygen atoms in total. The van der Waals surface area contributed by atoms with E-state index in [1.807, 2.05) is 12.4 Å². The molecule has 1 aromatic carbocycles. The number of fused-ring (bicyclic) bond motifs is 1. The zero-order valence-corrected chi connectivity index (χ0v) is 9.13. The van der Waals surface area contributed by atoms with E-state index in [4.69, 9.17) is 0 Å². The zero-order chi connectivity index (χ0) is 9.10. The molecule has 0 saturated carbocycles. The van der Waals surface area contributed by atoms with Gasteiger partial charge >= 0.3 is 0 Å². The molecule has 1 heterocycles. The molecule has 0 N–H and O–H groups in total. The highest BCUT2D eigenvalue weighted by atomic mass is 35.5. The van der Waals surface area contributed by atoms with Gasteiger partial charge in [-0.2, -0.15) is 0 Å². The highest BCUT2D eigenvalue weighted by Gasteiger charge is 1.99. The van der Waals surface area contributed by atoms with Crippen LogP contribution in [0.25, 0.3) is 11.0 Å². The number of para-hydroxylation sites is 2. The Labute approximate surface area is 90.4 Å². The lowest BCUT2D eigenvalue weighted by Crippen LogP contribution is -1.94. The monoisotopic (exact) mass is 210 g/mol. The van der Waals surface area contributed by atoms with Gasteiger partial charge in [0.1, 0.15) is 0 Å². The summed E-state index contributed by atoms with van der Waals surface area (Å²) >= 11 is 0. The van der Waals surface area contributed by atoms with Crippen molar-refractivity contribution in [1.82, 2.24) is 9.55 Å². The lowest BCUT2D eigenvalue weighted by molar-refractivity contribution is 0.646. The third-order valence-electron chi connectivity index (χ3n) is 2.28. The number of aromatic nitrogens is 2. The van der Waals surface area contributed by atoms with Gasteiger partial charge in [0.25, 0.3) is 0 Å². The zero-order valence-electron chi connectivity index (χ0n) is 8.31. The third kappa shape index (κ3) is 2.07. The standard InChI is InChI=1S/C11H14N2.ClH/c1-2-3-8-13-9-12-10-6-4-5-7-11(10)13;/h4-7,9H,2-3,8H2,1H3;1H. The van der Waals surface area contributed by atoms with Gasteiger partial charge in [0, 0.05) is 6.54 Å². The van der Waals surface area contributed by atoms with Gasteiger partial charge in [-0.15, -0.1) is 12.4 Å². The number of rotatable bonds is 3. The van der Waals surface area contributed by atoms with Crippen LogP contribution >= 0.6 is 12.4 Å². The summed E-state index contributed by atoms with van der Waals surface area (Å²) in [5.41, 5.74) is 2.34. The van der Waals surface area contributed by atoms with E-state index in [0.29, 0.717) is 0 Å². The topological polar surface area (TPSA) is 17.8 Å². The van der Waals surface area contributed by atoms with Crippen LogP contribution in [-0.4, -0.2) is 9.55 Å². The molecule has 0 fully saturated rings. The van der Waals surface area contributed by atoms with Crippen LogP contribution in [0.4, 0.5) is 0 Å². The molecule has 14 heavy (non-hydrogen) atoms. The Morgan fingerprint density at radius 1 is 1.29 bits per heavy atom. The Kier molecular flexibility index (Phi) is 3.96. The number of aryl methyl sites for hydroxylation is 1. The summed E-state index contributed by atoms with van der Waals surface area (Å²) in [6.45, 7) is 3.29.